The first kappa shape index (κ1) is 8.08. The molecule has 0 aliphatic rings. The first-order valence-electron chi connectivity index (χ1n) is 2.91. The molecule has 0 unspecified atom stereocenters. The van der Waals surface area contributed by atoms with Gasteiger partial charge < -0.3 is 0 Å². The third-order valence-corrected chi connectivity index (χ3v) is 0.987. The molecule has 0 radical (unpaired) electrons. The highest BCUT2D eigenvalue weighted by molar-refractivity contribution is 5.99. The van der Waals surface area contributed by atoms with Crippen LogP contribution in [0.2, 0.25) is 0 Å². The molecule has 0 aromatic carbocycles. The molecule has 2 nitrogen and oxygen atoms in total. The molecule has 0 fully saturated rings. The Balaban J connectivity index is 3.94. The Morgan fingerprint density at radius 2 is 2.33 bits per heavy atom. The predicted octanol–water partition coefficient (Wildman–Crippen LogP) is 1.57. The SMILES string of the molecule is C=CC(=O)N=C(C)CC. The average molecular weight is 125 g/mol. The first-order valence-corrected chi connectivity index (χ1v) is 2.91. The van der Waals surface area contributed by atoms with Crippen LogP contribution in [0.5, 0.6) is 0 Å². The fourth-order valence-electron chi connectivity index (χ4n) is 0.313. The fraction of sp³-hybridized carbons (Fsp3) is 0.429. The zero-order chi connectivity index (χ0) is 7.28. The molecule has 0 aliphatic heterocycles. The lowest BCUT2D eigenvalue weighted by molar-refractivity contribution is -0.113. The molecule has 0 atom stereocenters. The van der Waals surface area contributed by atoms with Crippen molar-refractivity contribution < 1.29 is 4.79 Å². The second-order valence-electron chi connectivity index (χ2n) is 1.74. The van der Waals surface area contributed by atoms with Gasteiger partial charge in [-0.3, -0.25) is 4.79 Å². The number of hydrogen-bond acceptors (Lipinski definition) is 1. The summed E-state index contributed by atoms with van der Waals surface area (Å²) in [7, 11) is 0. The van der Waals surface area contributed by atoms with Crippen LogP contribution in [0.1, 0.15) is 20.3 Å². The van der Waals surface area contributed by atoms with Crippen molar-refractivity contribution in [1.82, 2.24) is 0 Å². The van der Waals surface area contributed by atoms with Gasteiger partial charge in [-0.1, -0.05) is 13.5 Å². The van der Waals surface area contributed by atoms with Gasteiger partial charge in [0.15, 0.2) is 0 Å². The van der Waals surface area contributed by atoms with Crippen LogP contribution in [0, 0.1) is 0 Å². The largest absolute Gasteiger partial charge is 0.269 e. The highest BCUT2D eigenvalue weighted by Gasteiger charge is 1.89. The number of amides is 1. The Hall–Kier alpha value is -0.920. The van der Waals surface area contributed by atoms with Crippen molar-refractivity contribution in [2.45, 2.75) is 20.3 Å². The minimum atomic E-state index is -0.255. The summed E-state index contributed by atoms with van der Waals surface area (Å²) in [6.07, 6.45) is 2.03. The molecule has 0 aromatic heterocycles. The van der Waals surface area contributed by atoms with Crippen LogP contribution >= 0.6 is 0 Å². The number of carbonyl (C=O) groups excluding carboxylic acids is 1. The van der Waals surface area contributed by atoms with E-state index >= 15 is 0 Å². The Bertz CT molecular complexity index is 147. The zero-order valence-electron chi connectivity index (χ0n) is 5.85. The van der Waals surface area contributed by atoms with E-state index in [4.69, 9.17) is 0 Å². The van der Waals surface area contributed by atoms with E-state index in [1.807, 2.05) is 13.8 Å². The van der Waals surface area contributed by atoms with Gasteiger partial charge in [0.2, 0.25) is 0 Å². The standard InChI is InChI=1S/C7H11NO/c1-4-6(3)8-7(9)5-2/h5H,2,4H2,1,3H3. The molecular formula is C7H11NO. The third-order valence-electron chi connectivity index (χ3n) is 0.987. The van der Waals surface area contributed by atoms with E-state index in [0.717, 1.165) is 12.1 Å². The third kappa shape index (κ3) is 3.64. The summed E-state index contributed by atoms with van der Waals surface area (Å²) in [5, 5.41) is 0. The van der Waals surface area contributed by atoms with Crippen LogP contribution in [0.25, 0.3) is 0 Å². The van der Waals surface area contributed by atoms with Crippen LogP contribution in [0.3, 0.4) is 0 Å². The molecule has 0 rings (SSSR count). The number of aliphatic imine (C=N–C) groups is 1. The van der Waals surface area contributed by atoms with Crippen molar-refractivity contribution in [3.05, 3.63) is 12.7 Å². The van der Waals surface area contributed by atoms with E-state index in [1.54, 1.807) is 0 Å². The first-order chi connectivity index (χ1) is 4.20. The van der Waals surface area contributed by atoms with Crippen LogP contribution < -0.4 is 0 Å². The van der Waals surface area contributed by atoms with Crippen LogP contribution in [0.15, 0.2) is 17.6 Å². The van der Waals surface area contributed by atoms with Gasteiger partial charge in [0.05, 0.1) is 0 Å². The van der Waals surface area contributed by atoms with E-state index in [9.17, 15) is 4.79 Å². The molecule has 0 spiro atoms. The summed E-state index contributed by atoms with van der Waals surface area (Å²) in [4.78, 5) is 14.1. The number of rotatable bonds is 2. The Labute approximate surface area is 55.3 Å². The molecule has 0 N–H and O–H groups in total. The molecule has 9 heavy (non-hydrogen) atoms. The van der Waals surface area contributed by atoms with E-state index in [2.05, 4.69) is 11.6 Å². The molecule has 0 aromatic rings. The highest BCUT2D eigenvalue weighted by atomic mass is 16.1. The van der Waals surface area contributed by atoms with Crippen molar-refractivity contribution in [3.8, 4) is 0 Å². The Kier molecular flexibility index (Phi) is 3.60. The molecule has 0 bridgehead atoms. The number of carbonyl (C=O) groups is 1. The molecule has 0 heterocycles. The summed E-state index contributed by atoms with van der Waals surface area (Å²) < 4.78 is 0. The minimum absolute atomic E-state index is 0.255. The van der Waals surface area contributed by atoms with Gasteiger partial charge in [-0.15, -0.1) is 0 Å². The molecule has 50 valence electrons. The Morgan fingerprint density at radius 1 is 1.78 bits per heavy atom. The number of hydrogen-bond donors (Lipinski definition) is 0. The second-order valence-corrected chi connectivity index (χ2v) is 1.74. The van der Waals surface area contributed by atoms with Gasteiger partial charge in [0, 0.05) is 5.71 Å². The quantitative estimate of drug-likeness (QED) is 0.407. The van der Waals surface area contributed by atoms with Crippen molar-refractivity contribution in [3.63, 3.8) is 0 Å². The summed E-state index contributed by atoms with van der Waals surface area (Å²) >= 11 is 0. The van der Waals surface area contributed by atoms with Crippen molar-refractivity contribution in [1.29, 1.82) is 0 Å². The summed E-state index contributed by atoms with van der Waals surface area (Å²) in [6, 6.07) is 0. The maximum Gasteiger partial charge on any atom is 0.269 e. The summed E-state index contributed by atoms with van der Waals surface area (Å²) in [6.45, 7) is 7.07. The summed E-state index contributed by atoms with van der Waals surface area (Å²) in [5.74, 6) is -0.255. The van der Waals surface area contributed by atoms with Gasteiger partial charge in [0.25, 0.3) is 5.91 Å². The van der Waals surface area contributed by atoms with Gasteiger partial charge >= 0.3 is 0 Å². The van der Waals surface area contributed by atoms with E-state index in [-0.39, 0.29) is 5.91 Å². The normalized spacial score (nSPS) is 11.1. The van der Waals surface area contributed by atoms with Crippen molar-refractivity contribution in [2.75, 3.05) is 0 Å². The lowest BCUT2D eigenvalue weighted by Crippen LogP contribution is -1.93. The lowest BCUT2D eigenvalue weighted by Gasteiger charge is -1.88. The molecule has 2 heteroatoms. The van der Waals surface area contributed by atoms with E-state index < -0.39 is 0 Å². The van der Waals surface area contributed by atoms with Gasteiger partial charge in [-0.25, -0.2) is 4.99 Å². The van der Waals surface area contributed by atoms with Crippen molar-refractivity contribution >= 4 is 11.6 Å². The molecule has 1 amide bonds. The fourth-order valence-corrected chi connectivity index (χ4v) is 0.313. The van der Waals surface area contributed by atoms with Crippen LogP contribution in [-0.4, -0.2) is 11.6 Å². The highest BCUT2D eigenvalue weighted by Crippen LogP contribution is 1.85. The smallest absolute Gasteiger partial charge is 0.268 e. The van der Waals surface area contributed by atoms with Crippen molar-refractivity contribution in [2.24, 2.45) is 4.99 Å². The summed E-state index contributed by atoms with van der Waals surface area (Å²) in [5.41, 5.74) is 0.847. The Morgan fingerprint density at radius 3 is 2.67 bits per heavy atom. The molecule has 0 aliphatic carbocycles. The monoisotopic (exact) mass is 125 g/mol. The van der Waals surface area contributed by atoms with E-state index in [0.29, 0.717) is 0 Å². The predicted molar refractivity (Wildman–Crippen MR) is 38.6 cm³/mol. The molecule has 0 saturated carbocycles. The maximum absolute atomic E-state index is 10.5. The van der Waals surface area contributed by atoms with Gasteiger partial charge in [0.1, 0.15) is 0 Å². The lowest BCUT2D eigenvalue weighted by atomic mass is 10.3. The second kappa shape index (κ2) is 4.01. The van der Waals surface area contributed by atoms with Crippen LogP contribution in [-0.2, 0) is 4.79 Å². The zero-order valence-corrected chi connectivity index (χ0v) is 5.85. The van der Waals surface area contributed by atoms with Crippen LogP contribution in [0.4, 0.5) is 0 Å². The number of nitrogens with zero attached hydrogens (tertiary/aromatic N) is 1. The molecule has 0 saturated heterocycles. The topological polar surface area (TPSA) is 29.4 Å². The maximum atomic E-state index is 10.5. The molecular weight excluding hydrogens is 114 g/mol. The average Bonchev–Trinajstić information content (AvgIpc) is 1.87. The van der Waals surface area contributed by atoms with Gasteiger partial charge in [-0.05, 0) is 19.4 Å². The minimum Gasteiger partial charge on any atom is -0.268 e. The van der Waals surface area contributed by atoms with Gasteiger partial charge in [-0.2, -0.15) is 0 Å². The van der Waals surface area contributed by atoms with E-state index in [1.165, 1.54) is 6.08 Å².